The van der Waals surface area contributed by atoms with E-state index in [-0.39, 0.29) is 20.1 Å². The van der Waals surface area contributed by atoms with E-state index in [4.69, 9.17) is 0 Å². The van der Waals surface area contributed by atoms with E-state index in [2.05, 4.69) is 24.3 Å². The van der Waals surface area contributed by atoms with Crippen molar-refractivity contribution in [3.63, 3.8) is 0 Å². The monoisotopic (exact) mass is 326 g/mol. The van der Waals surface area contributed by atoms with Crippen molar-refractivity contribution in [2.45, 2.75) is 19.8 Å². The van der Waals surface area contributed by atoms with Gasteiger partial charge in [-0.15, -0.1) is 0 Å². The minimum Gasteiger partial charge on any atom is -0.507 e. The van der Waals surface area contributed by atoms with Crippen LogP contribution in [0.4, 0.5) is 4.39 Å². The van der Waals surface area contributed by atoms with Gasteiger partial charge in [-0.1, -0.05) is 51.1 Å². The number of rotatable bonds is 4. The number of halogens is 1. The summed E-state index contributed by atoms with van der Waals surface area (Å²) in [7, 11) is 0.122. The lowest BCUT2D eigenvalue weighted by atomic mass is 9.93. The summed E-state index contributed by atoms with van der Waals surface area (Å²) in [4.78, 5) is 0. The highest BCUT2D eigenvalue weighted by Crippen LogP contribution is 2.24. The molecule has 3 heteroatoms. The van der Waals surface area contributed by atoms with Crippen LogP contribution in [0, 0.1) is 18.7 Å². The second-order valence-electron chi connectivity index (χ2n) is 5.97. The molecule has 0 radical (unpaired) electrons. The maximum atomic E-state index is 14.0. The average Bonchev–Trinajstić information content (AvgIpc) is 2.54. The molecule has 2 atom stereocenters. The molecule has 3 rings (SSSR count). The van der Waals surface area contributed by atoms with Gasteiger partial charge in [0.1, 0.15) is 11.6 Å². The fourth-order valence-corrected chi connectivity index (χ4v) is 3.88. The summed E-state index contributed by atoms with van der Waals surface area (Å²) < 4.78 is 14.0. The second-order valence-corrected chi connectivity index (χ2v) is 7.30. The number of allylic oxidation sites excluding steroid dienone is 4. The molecule has 2 unspecified atom stereocenters. The van der Waals surface area contributed by atoms with Crippen LogP contribution < -0.4 is 10.6 Å². The maximum absolute atomic E-state index is 14.0. The molecular formula is C20H20FOP. The highest BCUT2D eigenvalue weighted by Gasteiger charge is 2.11. The number of hydrogen-bond acceptors (Lipinski definition) is 1. The van der Waals surface area contributed by atoms with E-state index in [0.717, 1.165) is 23.7 Å². The van der Waals surface area contributed by atoms with Gasteiger partial charge in [-0.05, 0) is 55.0 Å². The molecule has 0 fully saturated rings. The first-order chi connectivity index (χ1) is 11.1. The highest BCUT2D eigenvalue weighted by molar-refractivity contribution is 7.55. The quantitative estimate of drug-likeness (QED) is 0.837. The van der Waals surface area contributed by atoms with E-state index in [0.29, 0.717) is 11.2 Å². The number of benzene rings is 2. The van der Waals surface area contributed by atoms with Crippen LogP contribution in [-0.4, -0.2) is 5.11 Å². The van der Waals surface area contributed by atoms with Crippen molar-refractivity contribution in [3.05, 3.63) is 77.6 Å². The number of hydrogen-bond donors (Lipinski definition) is 1. The van der Waals surface area contributed by atoms with E-state index >= 15 is 0 Å². The molecule has 1 nitrogen and oxygen atoms in total. The predicted molar refractivity (Wildman–Crippen MR) is 96.9 cm³/mol. The Balaban J connectivity index is 1.80. The van der Waals surface area contributed by atoms with Gasteiger partial charge < -0.3 is 5.11 Å². The molecule has 0 aliphatic heterocycles. The van der Waals surface area contributed by atoms with Gasteiger partial charge in [0.25, 0.3) is 0 Å². The van der Waals surface area contributed by atoms with Crippen LogP contribution >= 0.6 is 8.58 Å². The van der Waals surface area contributed by atoms with Crippen molar-refractivity contribution in [1.82, 2.24) is 0 Å². The van der Waals surface area contributed by atoms with Crippen molar-refractivity contribution >= 4 is 19.2 Å². The Bertz CT molecular complexity index is 764. The first-order valence-corrected chi connectivity index (χ1v) is 8.80. The van der Waals surface area contributed by atoms with Crippen LogP contribution in [0.2, 0.25) is 0 Å². The fourth-order valence-electron chi connectivity index (χ4n) is 2.76. The third kappa shape index (κ3) is 4.09. The van der Waals surface area contributed by atoms with Gasteiger partial charge in [-0.25, -0.2) is 4.39 Å². The lowest BCUT2D eigenvalue weighted by molar-refractivity contribution is 0.479. The Morgan fingerprint density at radius 3 is 2.74 bits per heavy atom. The second kappa shape index (κ2) is 7.10. The number of aromatic hydroxyl groups is 1. The molecule has 0 saturated carbocycles. The number of phenols is 1. The molecule has 0 aromatic heterocycles. The van der Waals surface area contributed by atoms with Gasteiger partial charge in [-0.3, -0.25) is 0 Å². The molecule has 2 aromatic carbocycles. The third-order valence-electron chi connectivity index (χ3n) is 4.02. The van der Waals surface area contributed by atoms with Gasteiger partial charge in [0.2, 0.25) is 0 Å². The van der Waals surface area contributed by atoms with Crippen molar-refractivity contribution in [2.75, 3.05) is 0 Å². The summed E-state index contributed by atoms with van der Waals surface area (Å²) in [6.07, 6.45) is 10.5. The summed E-state index contributed by atoms with van der Waals surface area (Å²) in [5.41, 5.74) is 2.09. The van der Waals surface area contributed by atoms with Gasteiger partial charge in [0, 0.05) is 10.6 Å². The van der Waals surface area contributed by atoms with Crippen LogP contribution in [0.25, 0.3) is 0 Å². The molecule has 1 aliphatic rings. The minimum atomic E-state index is -0.200. The van der Waals surface area contributed by atoms with Crippen LogP contribution in [0.3, 0.4) is 0 Å². The zero-order valence-corrected chi connectivity index (χ0v) is 14.1. The molecule has 0 heterocycles. The van der Waals surface area contributed by atoms with Gasteiger partial charge in [0.05, 0.1) is 0 Å². The van der Waals surface area contributed by atoms with Gasteiger partial charge in [0.15, 0.2) is 0 Å². The molecule has 23 heavy (non-hydrogen) atoms. The Hall–Kier alpha value is -1.92. The summed E-state index contributed by atoms with van der Waals surface area (Å²) in [6.45, 7) is 1.88. The standard InChI is InChI=1S/C20H20FOP/c1-14-7-10-19(17(21)11-14)23-20-13-16(8-9-18(20)22)12-15-5-3-2-4-6-15/h2-5,7-11,13,15,22-23H,6,12H2,1H3. The number of aryl methyl sites for hydroxylation is 1. The van der Waals surface area contributed by atoms with Crippen LogP contribution in [-0.2, 0) is 6.42 Å². The summed E-state index contributed by atoms with van der Waals surface area (Å²) >= 11 is 0. The third-order valence-corrected chi connectivity index (χ3v) is 5.37. The van der Waals surface area contributed by atoms with Crippen LogP contribution in [0.5, 0.6) is 5.75 Å². The van der Waals surface area contributed by atoms with Crippen LogP contribution in [0.15, 0.2) is 60.7 Å². The van der Waals surface area contributed by atoms with E-state index in [1.807, 2.05) is 31.2 Å². The molecule has 0 amide bonds. The minimum absolute atomic E-state index is 0.122. The molecule has 0 spiro atoms. The summed E-state index contributed by atoms with van der Waals surface area (Å²) in [5, 5.41) is 11.6. The largest absolute Gasteiger partial charge is 0.507 e. The van der Waals surface area contributed by atoms with E-state index < -0.39 is 0 Å². The molecule has 0 bridgehead atoms. The van der Waals surface area contributed by atoms with E-state index in [9.17, 15) is 9.50 Å². The molecule has 1 aliphatic carbocycles. The molecule has 0 saturated heterocycles. The Morgan fingerprint density at radius 1 is 1.13 bits per heavy atom. The van der Waals surface area contributed by atoms with Crippen LogP contribution in [0.1, 0.15) is 17.5 Å². The highest BCUT2D eigenvalue weighted by atomic mass is 31.1. The number of phenolic OH excluding ortho intramolecular Hbond substituents is 1. The summed E-state index contributed by atoms with van der Waals surface area (Å²) in [5.74, 6) is 0.538. The lowest BCUT2D eigenvalue weighted by Gasteiger charge is -2.14. The summed E-state index contributed by atoms with van der Waals surface area (Å²) in [6, 6.07) is 11.0. The van der Waals surface area contributed by atoms with Crippen molar-refractivity contribution in [2.24, 2.45) is 5.92 Å². The molecule has 1 N–H and O–H groups in total. The molecule has 2 aromatic rings. The maximum Gasteiger partial charge on any atom is 0.131 e. The van der Waals surface area contributed by atoms with Crippen molar-refractivity contribution < 1.29 is 9.50 Å². The smallest absolute Gasteiger partial charge is 0.131 e. The van der Waals surface area contributed by atoms with E-state index in [1.165, 1.54) is 5.56 Å². The zero-order valence-electron chi connectivity index (χ0n) is 13.1. The van der Waals surface area contributed by atoms with Crippen molar-refractivity contribution in [3.8, 4) is 5.75 Å². The Kier molecular flexibility index (Phi) is 4.93. The average molecular weight is 326 g/mol. The molecular weight excluding hydrogens is 306 g/mol. The van der Waals surface area contributed by atoms with Gasteiger partial charge in [-0.2, -0.15) is 0 Å². The van der Waals surface area contributed by atoms with Crippen molar-refractivity contribution in [1.29, 1.82) is 0 Å². The van der Waals surface area contributed by atoms with E-state index in [1.54, 1.807) is 12.1 Å². The predicted octanol–water partition coefficient (Wildman–Crippen LogP) is 4.14. The first kappa shape index (κ1) is 16.0. The SMILES string of the molecule is Cc1ccc(Pc2cc(CC3C=CC=CC3)ccc2O)c(F)c1. The fraction of sp³-hybridized carbons (Fsp3) is 0.200. The normalized spacial score (nSPS) is 17.2. The first-order valence-electron chi connectivity index (χ1n) is 7.80. The lowest BCUT2D eigenvalue weighted by Crippen LogP contribution is -2.10. The van der Waals surface area contributed by atoms with Gasteiger partial charge >= 0.3 is 0 Å². The Labute approximate surface area is 138 Å². The Morgan fingerprint density at radius 2 is 2.00 bits per heavy atom. The zero-order chi connectivity index (χ0) is 16.2. The molecule has 118 valence electrons. The topological polar surface area (TPSA) is 20.2 Å².